The van der Waals surface area contributed by atoms with Gasteiger partial charge in [-0.1, -0.05) is 6.92 Å². The fourth-order valence-corrected chi connectivity index (χ4v) is 3.21. The predicted octanol–water partition coefficient (Wildman–Crippen LogP) is 0.916. The Morgan fingerprint density at radius 2 is 2.00 bits per heavy atom. The Balaban J connectivity index is 1.73. The molecular weight excluding hydrogens is 226 g/mol. The molecule has 1 amide bonds. The Morgan fingerprint density at radius 3 is 2.56 bits per heavy atom. The first-order chi connectivity index (χ1) is 8.72. The number of rotatable bonds is 5. The van der Waals surface area contributed by atoms with Gasteiger partial charge in [0.1, 0.15) is 0 Å². The van der Waals surface area contributed by atoms with Gasteiger partial charge in [-0.2, -0.15) is 0 Å². The summed E-state index contributed by atoms with van der Waals surface area (Å²) < 4.78 is 0. The lowest BCUT2D eigenvalue weighted by atomic mass is 9.96. The van der Waals surface area contributed by atoms with E-state index in [0.717, 1.165) is 13.1 Å². The molecule has 2 heterocycles. The largest absolute Gasteiger partial charge is 0.342 e. The zero-order valence-corrected chi connectivity index (χ0v) is 11.6. The van der Waals surface area contributed by atoms with Crippen molar-refractivity contribution < 1.29 is 4.79 Å². The van der Waals surface area contributed by atoms with Crippen LogP contribution in [0.5, 0.6) is 0 Å². The van der Waals surface area contributed by atoms with Crippen LogP contribution in [-0.2, 0) is 4.79 Å². The zero-order chi connectivity index (χ0) is 13.0. The van der Waals surface area contributed by atoms with Crippen LogP contribution in [0.4, 0.5) is 0 Å². The van der Waals surface area contributed by atoms with Crippen LogP contribution in [0.1, 0.15) is 32.6 Å². The summed E-state index contributed by atoms with van der Waals surface area (Å²) in [4.78, 5) is 16.4. The highest BCUT2D eigenvalue weighted by molar-refractivity contribution is 5.78. The van der Waals surface area contributed by atoms with Gasteiger partial charge in [0.2, 0.25) is 5.91 Å². The van der Waals surface area contributed by atoms with Crippen molar-refractivity contribution >= 4 is 5.91 Å². The lowest BCUT2D eigenvalue weighted by molar-refractivity contribution is -0.128. The van der Waals surface area contributed by atoms with Gasteiger partial charge in [0.05, 0.1) is 0 Å². The van der Waals surface area contributed by atoms with Crippen molar-refractivity contribution in [2.45, 2.75) is 32.6 Å². The molecule has 0 bridgehead atoms. The second-order valence-electron chi connectivity index (χ2n) is 5.89. The van der Waals surface area contributed by atoms with Gasteiger partial charge in [0.15, 0.2) is 0 Å². The molecule has 104 valence electrons. The molecule has 2 aliphatic heterocycles. The first kappa shape index (κ1) is 13.8. The number of likely N-dealkylation sites (tertiary alicyclic amines) is 2. The molecule has 4 nitrogen and oxygen atoms in total. The van der Waals surface area contributed by atoms with E-state index in [2.05, 4.69) is 16.7 Å². The number of amides is 1. The minimum atomic E-state index is 0.321. The van der Waals surface area contributed by atoms with Crippen molar-refractivity contribution in [2.75, 3.05) is 39.3 Å². The van der Waals surface area contributed by atoms with Gasteiger partial charge in [-0.25, -0.2) is 0 Å². The monoisotopic (exact) mass is 253 g/mol. The van der Waals surface area contributed by atoms with E-state index in [4.69, 9.17) is 5.73 Å². The van der Waals surface area contributed by atoms with Crippen molar-refractivity contribution in [1.29, 1.82) is 0 Å². The molecule has 0 aliphatic carbocycles. The van der Waals surface area contributed by atoms with Crippen molar-refractivity contribution in [3.8, 4) is 0 Å². The molecule has 2 rings (SSSR count). The van der Waals surface area contributed by atoms with Crippen molar-refractivity contribution in [2.24, 2.45) is 17.6 Å². The molecule has 0 spiro atoms. The number of piperidine rings is 1. The molecule has 0 aromatic carbocycles. The van der Waals surface area contributed by atoms with E-state index in [9.17, 15) is 4.79 Å². The van der Waals surface area contributed by atoms with Crippen LogP contribution in [0.15, 0.2) is 0 Å². The molecule has 0 saturated carbocycles. The van der Waals surface area contributed by atoms with Gasteiger partial charge < -0.3 is 15.5 Å². The summed E-state index contributed by atoms with van der Waals surface area (Å²) in [6, 6.07) is 0. The smallest absolute Gasteiger partial charge is 0.222 e. The van der Waals surface area contributed by atoms with Crippen LogP contribution >= 0.6 is 0 Å². The number of carbonyl (C=O) groups excluding carboxylic acids is 1. The van der Waals surface area contributed by atoms with Crippen LogP contribution in [0.3, 0.4) is 0 Å². The fourth-order valence-electron chi connectivity index (χ4n) is 3.21. The Kier molecular flexibility index (Phi) is 5.01. The van der Waals surface area contributed by atoms with E-state index in [0.29, 0.717) is 30.7 Å². The topological polar surface area (TPSA) is 49.6 Å². The van der Waals surface area contributed by atoms with Crippen LogP contribution in [-0.4, -0.2) is 55.0 Å². The zero-order valence-electron chi connectivity index (χ0n) is 11.6. The summed E-state index contributed by atoms with van der Waals surface area (Å²) in [6.07, 6.45) is 4.41. The van der Waals surface area contributed by atoms with Crippen LogP contribution < -0.4 is 5.73 Å². The lowest BCUT2D eigenvalue weighted by Crippen LogP contribution is -2.39. The molecule has 1 unspecified atom stereocenters. The normalized spacial score (nSPS) is 27.1. The van der Waals surface area contributed by atoms with Gasteiger partial charge in [-0.05, 0) is 57.3 Å². The lowest BCUT2D eigenvalue weighted by Gasteiger charge is -2.33. The third kappa shape index (κ3) is 3.45. The van der Waals surface area contributed by atoms with Crippen molar-refractivity contribution in [3.05, 3.63) is 0 Å². The van der Waals surface area contributed by atoms with E-state index in [-0.39, 0.29) is 0 Å². The van der Waals surface area contributed by atoms with Crippen LogP contribution in [0.2, 0.25) is 0 Å². The van der Waals surface area contributed by atoms with Crippen LogP contribution in [0, 0.1) is 11.8 Å². The van der Waals surface area contributed by atoms with Crippen LogP contribution in [0.25, 0.3) is 0 Å². The third-order valence-electron chi connectivity index (χ3n) is 4.35. The van der Waals surface area contributed by atoms with E-state index in [1.165, 1.54) is 38.9 Å². The maximum atomic E-state index is 11.8. The highest BCUT2D eigenvalue weighted by Gasteiger charge is 2.31. The second-order valence-corrected chi connectivity index (χ2v) is 5.89. The first-order valence-corrected chi connectivity index (χ1v) is 7.43. The molecule has 2 fully saturated rings. The molecule has 1 atom stereocenters. The minimum Gasteiger partial charge on any atom is -0.342 e. The molecule has 2 aliphatic rings. The number of hydrogen-bond acceptors (Lipinski definition) is 3. The average Bonchev–Trinajstić information content (AvgIpc) is 2.73. The Labute approximate surface area is 110 Å². The maximum absolute atomic E-state index is 11.8. The molecule has 2 saturated heterocycles. The Morgan fingerprint density at radius 1 is 1.28 bits per heavy atom. The first-order valence-electron chi connectivity index (χ1n) is 7.43. The van der Waals surface area contributed by atoms with Gasteiger partial charge in [-0.3, -0.25) is 4.79 Å². The number of hydrogen-bond donors (Lipinski definition) is 1. The Bertz CT molecular complexity index is 274. The van der Waals surface area contributed by atoms with E-state index in [1.54, 1.807) is 0 Å². The average molecular weight is 253 g/mol. The van der Waals surface area contributed by atoms with Gasteiger partial charge in [-0.15, -0.1) is 0 Å². The predicted molar refractivity (Wildman–Crippen MR) is 73.2 cm³/mol. The highest BCUT2D eigenvalue weighted by atomic mass is 16.2. The van der Waals surface area contributed by atoms with Gasteiger partial charge in [0.25, 0.3) is 0 Å². The molecule has 2 N–H and O–H groups in total. The molecule has 0 aromatic heterocycles. The summed E-state index contributed by atoms with van der Waals surface area (Å²) in [5.41, 5.74) is 5.66. The number of nitrogens with two attached hydrogens (primary N) is 1. The molecule has 0 radical (unpaired) electrons. The Hall–Kier alpha value is -0.610. The second kappa shape index (κ2) is 6.53. The highest BCUT2D eigenvalue weighted by Crippen LogP contribution is 2.23. The van der Waals surface area contributed by atoms with E-state index < -0.39 is 0 Å². The summed E-state index contributed by atoms with van der Waals surface area (Å²) >= 11 is 0. The summed E-state index contributed by atoms with van der Waals surface area (Å²) in [7, 11) is 0. The number of carbonyl (C=O) groups is 1. The summed E-state index contributed by atoms with van der Waals surface area (Å²) in [6.45, 7) is 8.39. The quantitative estimate of drug-likeness (QED) is 0.792. The number of nitrogens with zero attached hydrogens (tertiary/aromatic N) is 2. The van der Waals surface area contributed by atoms with Gasteiger partial charge in [0, 0.05) is 19.5 Å². The maximum Gasteiger partial charge on any atom is 0.222 e. The standard InChI is InChI=1S/C14H27N3O/c1-2-5-16-6-3-12(4-7-16)10-17-11-13(9-15)8-14(17)18/h12-13H,2-11,15H2,1H3. The molecule has 18 heavy (non-hydrogen) atoms. The van der Waals surface area contributed by atoms with E-state index >= 15 is 0 Å². The molecule has 0 aromatic rings. The third-order valence-corrected chi connectivity index (χ3v) is 4.35. The van der Waals surface area contributed by atoms with Crippen molar-refractivity contribution in [3.63, 3.8) is 0 Å². The SMILES string of the molecule is CCCN1CCC(CN2CC(CN)CC2=O)CC1. The van der Waals surface area contributed by atoms with Gasteiger partial charge >= 0.3 is 0 Å². The summed E-state index contributed by atoms with van der Waals surface area (Å²) in [5, 5.41) is 0. The van der Waals surface area contributed by atoms with E-state index in [1.807, 2.05) is 0 Å². The van der Waals surface area contributed by atoms with Crippen molar-refractivity contribution in [1.82, 2.24) is 9.80 Å². The molecular formula is C14H27N3O. The summed E-state index contributed by atoms with van der Waals surface area (Å²) in [5.74, 6) is 1.43. The minimum absolute atomic E-state index is 0.321. The molecule has 4 heteroatoms. The fraction of sp³-hybridized carbons (Fsp3) is 0.929.